The SMILES string of the molecule is Cc1cc2ccc1o2. The van der Waals surface area contributed by atoms with Crippen LogP contribution in [0.25, 0.3) is 11.2 Å². The third-order valence-corrected chi connectivity index (χ3v) is 1.37. The van der Waals surface area contributed by atoms with Crippen LogP contribution in [0.15, 0.2) is 22.6 Å². The van der Waals surface area contributed by atoms with E-state index in [0.29, 0.717) is 0 Å². The van der Waals surface area contributed by atoms with Crippen LogP contribution in [0.4, 0.5) is 0 Å². The highest BCUT2D eigenvalue weighted by Crippen LogP contribution is 2.19. The lowest BCUT2D eigenvalue weighted by molar-refractivity contribution is 0.674. The Hall–Kier alpha value is -0.980. The molecule has 40 valence electrons. The van der Waals surface area contributed by atoms with Crippen molar-refractivity contribution in [3.8, 4) is 0 Å². The van der Waals surface area contributed by atoms with E-state index in [0.717, 1.165) is 11.2 Å². The van der Waals surface area contributed by atoms with E-state index in [9.17, 15) is 0 Å². The van der Waals surface area contributed by atoms with Gasteiger partial charge >= 0.3 is 0 Å². The van der Waals surface area contributed by atoms with Crippen LogP contribution in [0.2, 0.25) is 0 Å². The minimum Gasteiger partial charge on any atom is -0.457 e. The molecule has 0 fully saturated rings. The van der Waals surface area contributed by atoms with Crippen LogP contribution in [0, 0.1) is 6.92 Å². The maximum absolute atomic E-state index is 5.21. The molecule has 2 rings (SSSR count). The normalized spacial score (nSPS) is 11.1. The monoisotopic (exact) mass is 106 g/mol. The first kappa shape index (κ1) is 3.96. The van der Waals surface area contributed by atoms with Crippen LogP contribution >= 0.6 is 0 Å². The van der Waals surface area contributed by atoms with E-state index in [1.165, 1.54) is 5.56 Å². The molecular formula is C7H6O. The standard InChI is InChI=1S/C7H6O/c1-5-4-6-2-3-7(5)8-6/h2-4H,1H3. The molecule has 0 amide bonds. The number of hydrogen-bond acceptors (Lipinski definition) is 1. The molecule has 2 heterocycles. The number of fused-ring (bicyclic) bond motifs is 2. The van der Waals surface area contributed by atoms with Gasteiger partial charge in [0.25, 0.3) is 0 Å². The maximum Gasteiger partial charge on any atom is 0.130 e. The van der Waals surface area contributed by atoms with Crippen LogP contribution in [-0.2, 0) is 0 Å². The molecule has 0 spiro atoms. The highest BCUT2D eigenvalue weighted by atomic mass is 16.3. The average Bonchev–Trinajstić information content (AvgIpc) is 2.23. The molecule has 0 saturated heterocycles. The zero-order valence-electron chi connectivity index (χ0n) is 4.64. The molecule has 0 N–H and O–H groups in total. The zero-order chi connectivity index (χ0) is 5.56. The van der Waals surface area contributed by atoms with E-state index in [-0.39, 0.29) is 0 Å². The topological polar surface area (TPSA) is 13.1 Å². The van der Waals surface area contributed by atoms with Crippen LogP contribution < -0.4 is 0 Å². The van der Waals surface area contributed by atoms with Gasteiger partial charge in [0.05, 0.1) is 0 Å². The van der Waals surface area contributed by atoms with Gasteiger partial charge in [-0.3, -0.25) is 0 Å². The van der Waals surface area contributed by atoms with Crippen molar-refractivity contribution in [3.05, 3.63) is 23.8 Å². The summed E-state index contributed by atoms with van der Waals surface area (Å²) >= 11 is 0. The van der Waals surface area contributed by atoms with E-state index < -0.39 is 0 Å². The predicted molar refractivity (Wildman–Crippen MR) is 32.1 cm³/mol. The van der Waals surface area contributed by atoms with Crippen LogP contribution in [-0.4, -0.2) is 0 Å². The van der Waals surface area contributed by atoms with Crippen molar-refractivity contribution in [2.45, 2.75) is 6.92 Å². The molecule has 0 aliphatic heterocycles. The van der Waals surface area contributed by atoms with E-state index in [1.807, 2.05) is 25.1 Å². The second-order valence-electron chi connectivity index (χ2n) is 2.03. The third-order valence-electron chi connectivity index (χ3n) is 1.37. The number of rotatable bonds is 0. The molecule has 1 heteroatoms. The molecule has 0 aromatic carbocycles. The Labute approximate surface area is 47.3 Å². The average molecular weight is 106 g/mol. The molecule has 2 aromatic heterocycles. The number of furan rings is 2. The van der Waals surface area contributed by atoms with Gasteiger partial charge in [0.2, 0.25) is 0 Å². The van der Waals surface area contributed by atoms with Gasteiger partial charge in [-0.1, -0.05) is 0 Å². The Kier molecular flexibility index (Phi) is 0.519. The van der Waals surface area contributed by atoms with Gasteiger partial charge in [-0.2, -0.15) is 0 Å². The molecule has 0 aliphatic rings. The number of aryl methyl sites for hydroxylation is 1. The molecule has 1 nitrogen and oxygen atoms in total. The summed E-state index contributed by atoms with van der Waals surface area (Å²) in [6, 6.07) is 6.00. The lowest BCUT2D eigenvalue weighted by atomic mass is 10.2. The molecule has 2 aromatic rings. The Balaban J connectivity index is 3.02. The van der Waals surface area contributed by atoms with Gasteiger partial charge in [-0.15, -0.1) is 0 Å². The highest BCUT2D eigenvalue weighted by molar-refractivity contribution is 5.64. The fourth-order valence-corrected chi connectivity index (χ4v) is 0.927. The maximum atomic E-state index is 5.21. The molecule has 0 atom stereocenters. The molecule has 0 unspecified atom stereocenters. The Morgan fingerprint density at radius 3 is 2.50 bits per heavy atom. The second-order valence-corrected chi connectivity index (χ2v) is 2.03. The van der Waals surface area contributed by atoms with Gasteiger partial charge in [-0.05, 0) is 30.7 Å². The summed E-state index contributed by atoms with van der Waals surface area (Å²) in [5.41, 5.74) is 3.24. The van der Waals surface area contributed by atoms with Crippen molar-refractivity contribution < 1.29 is 4.42 Å². The molecular weight excluding hydrogens is 100 g/mol. The van der Waals surface area contributed by atoms with Gasteiger partial charge in [0.1, 0.15) is 11.2 Å². The van der Waals surface area contributed by atoms with Gasteiger partial charge < -0.3 is 4.42 Å². The summed E-state index contributed by atoms with van der Waals surface area (Å²) < 4.78 is 5.21. The lowest BCUT2D eigenvalue weighted by Crippen LogP contribution is -1.59. The van der Waals surface area contributed by atoms with E-state index in [1.54, 1.807) is 0 Å². The summed E-state index contributed by atoms with van der Waals surface area (Å²) in [4.78, 5) is 0. The fourth-order valence-electron chi connectivity index (χ4n) is 0.927. The molecule has 0 aliphatic carbocycles. The van der Waals surface area contributed by atoms with E-state index >= 15 is 0 Å². The van der Waals surface area contributed by atoms with Crippen LogP contribution in [0.1, 0.15) is 5.56 Å². The molecule has 0 radical (unpaired) electrons. The minimum absolute atomic E-state index is 0.984. The highest BCUT2D eigenvalue weighted by Gasteiger charge is 1.99. The van der Waals surface area contributed by atoms with Crippen molar-refractivity contribution in [2.75, 3.05) is 0 Å². The van der Waals surface area contributed by atoms with Crippen molar-refractivity contribution in [2.24, 2.45) is 0 Å². The summed E-state index contributed by atoms with van der Waals surface area (Å²) in [5.74, 6) is 0. The molecule has 0 saturated carbocycles. The van der Waals surface area contributed by atoms with Crippen molar-refractivity contribution in [3.63, 3.8) is 0 Å². The summed E-state index contributed by atoms with van der Waals surface area (Å²) in [5, 5.41) is 0. The Bertz CT molecular complexity index is 282. The lowest BCUT2D eigenvalue weighted by Gasteiger charge is -1.76. The van der Waals surface area contributed by atoms with E-state index in [2.05, 4.69) is 0 Å². The number of hydrogen-bond donors (Lipinski definition) is 0. The second kappa shape index (κ2) is 1.05. The Morgan fingerprint density at radius 1 is 1.38 bits per heavy atom. The summed E-state index contributed by atoms with van der Waals surface area (Å²) in [6.07, 6.45) is 0. The molecule has 8 heavy (non-hydrogen) atoms. The first-order valence-electron chi connectivity index (χ1n) is 2.65. The summed E-state index contributed by atoms with van der Waals surface area (Å²) in [7, 11) is 0. The Morgan fingerprint density at radius 2 is 2.25 bits per heavy atom. The number of benzene rings is 1. The fraction of sp³-hybridized carbons (Fsp3) is 0.143. The zero-order valence-corrected chi connectivity index (χ0v) is 4.64. The minimum atomic E-state index is 0.984. The third kappa shape index (κ3) is 0.316. The first-order chi connectivity index (χ1) is 3.86. The van der Waals surface area contributed by atoms with Crippen molar-refractivity contribution in [1.29, 1.82) is 0 Å². The van der Waals surface area contributed by atoms with E-state index in [4.69, 9.17) is 4.42 Å². The predicted octanol–water partition coefficient (Wildman–Crippen LogP) is 2.18. The summed E-state index contributed by atoms with van der Waals surface area (Å²) in [6.45, 7) is 2.05. The first-order valence-corrected chi connectivity index (χ1v) is 2.65. The largest absolute Gasteiger partial charge is 0.457 e. The molecule has 2 bridgehead atoms. The van der Waals surface area contributed by atoms with Crippen molar-refractivity contribution >= 4 is 11.2 Å². The van der Waals surface area contributed by atoms with Gasteiger partial charge in [0, 0.05) is 0 Å². The smallest absolute Gasteiger partial charge is 0.130 e. The van der Waals surface area contributed by atoms with Crippen LogP contribution in [0.5, 0.6) is 0 Å². The van der Waals surface area contributed by atoms with Crippen molar-refractivity contribution in [1.82, 2.24) is 0 Å². The quantitative estimate of drug-likeness (QED) is 0.501. The van der Waals surface area contributed by atoms with Gasteiger partial charge in [-0.25, -0.2) is 0 Å². The van der Waals surface area contributed by atoms with Gasteiger partial charge in [0.15, 0.2) is 0 Å². The van der Waals surface area contributed by atoms with Crippen LogP contribution in [0.3, 0.4) is 0 Å².